The number of carbonyl (C=O) groups excluding carboxylic acids is 2. The molecule has 2 bridgehead atoms. The summed E-state index contributed by atoms with van der Waals surface area (Å²) in [5.74, 6) is 0.127. The molecule has 2 heterocycles. The van der Waals surface area contributed by atoms with Crippen molar-refractivity contribution in [3.8, 4) is 0 Å². The number of methoxy groups -OCH3 is 1. The maximum Gasteiger partial charge on any atom is 0.410 e. The van der Waals surface area contributed by atoms with Gasteiger partial charge < -0.3 is 4.74 Å². The lowest BCUT2D eigenvalue weighted by molar-refractivity contribution is -0.121. The number of ether oxygens (including phenoxy) is 1. The predicted molar refractivity (Wildman–Crippen MR) is 61.5 cm³/mol. The van der Waals surface area contributed by atoms with Gasteiger partial charge in [-0.3, -0.25) is 9.69 Å². The molecule has 0 aromatic heterocycles. The number of hydrogen-bond acceptors (Lipinski definition) is 3. The molecule has 2 aliphatic rings. The average molecular weight is 341 g/mol. The van der Waals surface area contributed by atoms with Crippen LogP contribution in [0.4, 0.5) is 4.79 Å². The molecule has 0 spiro atoms. The fraction of sp³-hybridized carbons (Fsp3) is 0.778. The van der Waals surface area contributed by atoms with E-state index in [2.05, 4.69) is 31.9 Å². The molecule has 2 saturated heterocycles. The summed E-state index contributed by atoms with van der Waals surface area (Å²) >= 11 is 6.71. The quantitative estimate of drug-likeness (QED) is 0.630. The lowest BCUT2D eigenvalue weighted by Gasteiger charge is -2.38. The zero-order valence-corrected chi connectivity index (χ0v) is 11.3. The second-order valence-corrected chi connectivity index (χ2v) is 5.77. The standard InChI is InChI=1S/C9H11Br2NO3/c1-15-9(14)12-4-2-3-5(12)7(11)8(13)6(4)10/h4-7H,2-3H2,1H3. The van der Waals surface area contributed by atoms with E-state index < -0.39 is 0 Å². The SMILES string of the molecule is COC(=O)N1C2CCC1C(Br)C(=O)C2Br. The minimum atomic E-state index is -0.344. The highest BCUT2D eigenvalue weighted by Gasteiger charge is 2.53. The third-order valence-electron chi connectivity index (χ3n) is 3.08. The number of rotatable bonds is 0. The van der Waals surface area contributed by atoms with E-state index in [-0.39, 0.29) is 33.6 Å². The Labute approximate surface area is 105 Å². The monoisotopic (exact) mass is 339 g/mol. The minimum absolute atomic E-state index is 0.0521. The van der Waals surface area contributed by atoms with Crippen LogP contribution in [0.2, 0.25) is 0 Å². The first-order valence-corrected chi connectivity index (χ1v) is 6.59. The Morgan fingerprint density at radius 3 is 2.20 bits per heavy atom. The molecule has 0 radical (unpaired) electrons. The van der Waals surface area contributed by atoms with Crippen molar-refractivity contribution < 1.29 is 14.3 Å². The van der Waals surface area contributed by atoms with Gasteiger partial charge in [0.2, 0.25) is 0 Å². The Morgan fingerprint density at radius 1 is 1.33 bits per heavy atom. The van der Waals surface area contributed by atoms with Gasteiger partial charge in [0.25, 0.3) is 0 Å². The van der Waals surface area contributed by atoms with Crippen LogP contribution < -0.4 is 0 Å². The number of fused-ring (bicyclic) bond motifs is 2. The highest BCUT2D eigenvalue weighted by atomic mass is 79.9. The van der Waals surface area contributed by atoms with Crippen molar-refractivity contribution in [2.75, 3.05) is 7.11 Å². The Bertz CT molecular complexity index is 290. The molecule has 0 aromatic carbocycles. The summed E-state index contributed by atoms with van der Waals surface area (Å²) in [4.78, 5) is 24.5. The van der Waals surface area contributed by atoms with E-state index >= 15 is 0 Å². The van der Waals surface area contributed by atoms with Crippen LogP contribution in [0.15, 0.2) is 0 Å². The van der Waals surface area contributed by atoms with Crippen molar-refractivity contribution in [1.29, 1.82) is 0 Å². The number of carbonyl (C=O) groups is 2. The number of nitrogens with zero attached hydrogens (tertiary/aromatic N) is 1. The van der Waals surface area contributed by atoms with Crippen LogP contribution in [0.3, 0.4) is 0 Å². The molecule has 15 heavy (non-hydrogen) atoms. The molecule has 0 aliphatic carbocycles. The van der Waals surface area contributed by atoms with E-state index in [0.717, 1.165) is 12.8 Å². The first kappa shape index (κ1) is 11.4. The van der Waals surface area contributed by atoms with Crippen LogP contribution in [0.25, 0.3) is 0 Å². The van der Waals surface area contributed by atoms with Crippen molar-refractivity contribution in [2.45, 2.75) is 34.6 Å². The molecular formula is C9H11Br2NO3. The van der Waals surface area contributed by atoms with E-state index in [9.17, 15) is 9.59 Å². The molecule has 2 aliphatic heterocycles. The van der Waals surface area contributed by atoms with Crippen molar-refractivity contribution in [1.82, 2.24) is 4.90 Å². The normalized spacial score (nSPS) is 39.4. The maximum atomic E-state index is 11.8. The summed E-state index contributed by atoms with van der Waals surface area (Å²) in [6, 6.07) is -0.104. The second kappa shape index (κ2) is 4.05. The maximum absolute atomic E-state index is 11.8. The molecule has 0 N–H and O–H groups in total. The van der Waals surface area contributed by atoms with Crippen LogP contribution in [0.5, 0.6) is 0 Å². The fourth-order valence-electron chi connectivity index (χ4n) is 2.35. The van der Waals surface area contributed by atoms with E-state index in [0.29, 0.717) is 0 Å². The zero-order chi connectivity index (χ0) is 11.2. The summed E-state index contributed by atoms with van der Waals surface area (Å²) in [7, 11) is 1.37. The van der Waals surface area contributed by atoms with Crippen LogP contribution in [0.1, 0.15) is 12.8 Å². The van der Waals surface area contributed by atoms with E-state index in [4.69, 9.17) is 4.74 Å². The number of Topliss-reactive ketones (excluding diaryl/α,β-unsaturated/α-hetero) is 1. The Hall–Kier alpha value is -0.100. The summed E-state index contributed by atoms with van der Waals surface area (Å²) in [5.41, 5.74) is 0. The summed E-state index contributed by atoms with van der Waals surface area (Å²) in [5, 5.41) is 0. The molecule has 4 atom stereocenters. The van der Waals surface area contributed by atoms with Gasteiger partial charge in [-0.15, -0.1) is 0 Å². The molecule has 2 fully saturated rings. The number of amides is 1. The van der Waals surface area contributed by atoms with E-state index in [1.54, 1.807) is 4.90 Å². The van der Waals surface area contributed by atoms with Gasteiger partial charge in [-0.1, -0.05) is 31.9 Å². The van der Waals surface area contributed by atoms with Gasteiger partial charge in [0.15, 0.2) is 5.78 Å². The van der Waals surface area contributed by atoms with Gasteiger partial charge in [-0.25, -0.2) is 4.79 Å². The fourth-order valence-corrected chi connectivity index (χ4v) is 4.31. The lowest BCUT2D eigenvalue weighted by Crippen LogP contribution is -2.57. The third kappa shape index (κ3) is 1.62. The number of ketones is 1. The van der Waals surface area contributed by atoms with E-state index in [1.807, 2.05) is 0 Å². The molecule has 4 nitrogen and oxygen atoms in total. The molecule has 4 unspecified atom stereocenters. The first-order valence-electron chi connectivity index (χ1n) is 4.76. The van der Waals surface area contributed by atoms with Crippen LogP contribution in [-0.2, 0) is 9.53 Å². The van der Waals surface area contributed by atoms with Gasteiger partial charge in [0.1, 0.15) is 0 Å². The van der Waals surface area contributed by atoms with Crippen molar-refractivity contribution in [2.24, 2.45) is 0 Å². The molecule has 6 heteroatoms. The highest BCUT2D eigenvalue weighted by Crippen LogP contribution is 2.40. The first-order chi connectivity index (χ1) is 7.07. The number of piperidine rings is 1. The molecule has 1 amide bonds. The van der Waals surface area contributed by atoms with E-state index in [1.165, 1.54) is 7.11 Å². The number of halogens is 2. The predicted octanol–water partition coefficient (Wildman–Crippen LogP) is 1.70. The Morgan fingerprint density at radius 2 is 1.80 bits per heavy atom. The molecule has 84 valence electrons. The van der Waals surface area contributed by atoms with Crippen LogP contribution in [0, 0.1) is 0 Å². The molecular weight excluding hydrogens is 330 g/mol. The number of hydrogen-bond donors (Lipinski definition) is 0. The Balaban J connectivity index is 2.29. The Kier molecular flexibility index (Phi) is 3.07. The van der Waals surface area contributed by atoms with Gasteiger partial charge in [0.05, 0.1) is 28.8 Å². The minimum Gasteiger partial charge on any atom is -0.453 e. The second-order valence-electron chi connectivity index (χ2n) is 3.80. The largest absolute Gasteiger partial charge is 0.453 e. The van der Waals surface area contributed by atoms with Crippen molar-refractivity contribution in [3.05, 3.63) is 0 Å². The highest BCUT2D eigenvalue weighted by molar-refractivity contribution is 9.10. The van der Waals surface area contributed by atoms with Gasteiger partial charge in [-0.05, 0) is 12.8 Å². The molecule has 0 saturated carbocycles. The average Bonchev–Trinajstić information content (AvgIpc) is 2.64. The lowest BCUT2D eigenvalue weighted by atomic mass is 10.0. The van der Waals surface area contributed by atoms with Crippen molar-refractivity contribution in [3.63, 3.8) is 0 Å². The van der Waals surface area contributed by atoms with Crippen LogP contribution in [-0.4, -0.2) is 45.6 Å². The van der Waals surface area contributed by atoms with Gasteiger partial charge in [-0.2, -0.15) is 0 Å². The van der Waals surface area contributed by atoms with Crippen LogP contribution >= 0.6 is 31.9 Å². The smallest absolute Gasteiger partial charge is 0.410 e. The topological polar surface area (TPSA) is 46.6 Å². The molecule has 0 aromatic rings. The van der Waals surface area contributed by atoms with Crippen molar-refractivity contribution >= 4 is 43.7 Å². The van der Waals surface area contributed by atoms with Gasteiger partial charge in [0, 0.05) is 0 Å². The number of alkyl halides is 2. The molecule has 2 rings (SSSR count). The summed E-state index contributed by atoms with van der Waals surface area (Å²) in [6.07, 6.45) is 1.36. The van der Waals surface area contributed by atoms with Gasteiger partial charge >= 0.3 is 6.09 Å². The summed E-state index contributed by atoms with van der Waals surface area (Å²) < 4.78 is 4.74. The third-order valence-corrected chi connectivity index (χ3v) is 5.20. The zero-order valence-electron chi connectivity index (χ0n) is 8.15. The summed E-state index contributed by atoms with van der Waals surface area (Å²) in [6.45, 7) is 0.